The molecule has 2 rings (SSSR count). The van der Waals surface area contributed by atoms with E-state index < -0.39 is 0 Å². The van der Waals surface area contributed by atoms with Gasteiger partial charge in [0.05, 0.1) is 17.4 Å². The molecule has 1 amide bonds. The molecule has 0 bridgehead atoms. The molecule has 0 aliphatic carbocycles. The lowest BCUT2D eigenvalue weighted by molar-refractivity contribution is 0.0952. The molecule has 1 heterocycles. The van der Waals surface area contributed by atoms with Crippen LogP contribution in [0.3, 0.4) is 0 Å². The number of unbranched alkanes of at least 4 members (excludes halogenated alkanes) is 2. The van der Waals surface area contributed by atoms with Crippen LogP contribution in [0.15, 0.2) is 48.8 Å². The predicted octanol–water partition coefficient (Wildman–Crippen LogP) is 3.75. The summed E-state index contributed by atoms with van der Waals surface area (Å²) in [4.78, 5) is 16.2. The van der Waals surface area contributed by atoms with Crippen molar-refractivity contribution in [3.05, 3.63) is 54.4 Å². The van der Waals surface area contributed by atoms with E-state index in [-0.39, 0.29) is 5.91 Å². The Bertz CT molecular complexity index is 569. The van der Waals surface area contributed by atoms with Gasteiger partial charge in [0, 0.05) is 18.4 Å². The van der Waals surface area contributed by atoms with E-state index in [9.17, 15) is 4.79 Å². The Labute approximate surface area is 125 Å². The predicted molar refractivity (Wildman–Crippen MR) is 85.8 cm³/mol. The van der Waals surface area contributed by atoms with E-state index in [1.165, 1.54) is 0 Å². The van der Waals surface area contributed by atoms with Crippen LogP contribution in [0.2, 0.25) is 0 Å². The monoisotopic (exact) mass is 283 g/mol. The molecule has 4 nitrogen and oxygen atoms in total. The SMILES string of the molecule is CCCCCNC(=O)c1cncc(Nc2ccccc2)c1. The second-order valence-electron chi connectivity index (χ2n) is 4.92. The average Bonchev–Trinajstić information content (AvgIpc) is 2.53. The van der Waals surface area contributed by atoms with Crippen LogP contribution >= 0.6 is 0 Å². The number of carbonyl (C=O) groups is 1. The molecule has 0 spiro atoms. The highest BCUT2D eigenvalue weighted by Gasteiger charge is 2.06. The van der Waals surface area contributed by atoms with Gasteiger partial charge in [-0.3, -0.25) is 9.78 Å². The molecule has 21 heavy (non-hydrogen) atoms. The van der Waals surface area contributed by atoms with E-state index >= 15 is 0 Å². The molecule has 0 saturated carbocycles. The summed E-state index contributed by atoms with van der Waals surface area (Å²) >= 11 is 0. The quantitative estimate of drug-likeness (QED) is 0.761. The van der Waals surface area contributed by atoms with Crippen LogP contribution in [0.5, 0.6) is 0 Å². The van der Waals surface area contributed by atoms with Gasteiger partial charge in [-0.1, -0.05) is 38.0 Å². The Kier molecular flexibility index (Phi) is 5.76. The summed E-state index contributed by atoms with van der Waals surface area (Å²) in [6.45, 7) is 2.85. The highest BCUT2D eigenvalue weighted by Crippen LogP contribution is 2.16. The van der Waals surface area contributed by atoms with Crippen molar-refractivity contribution in [2.45, 2.75) is 26.2 Å². The van der Waals surface area contributed by atoms with E-state index in [2.05, 4.69) is 22.5 Å². The second kappa shape index (κ2) is 8.04. The lowest BCUT2D eigenvalue weighted by Gasteiger charge is -2.08. The molecule has 2 aromatic rings. The lowest BCUT2D eigenvalue weighted by atomic mass is 10.2. The summed E-state index contributed by atoms with van der Waals surface area (Å²) in [6, 6.07) is 11.6. The molecule has 110 valence electrons. The van der Waals surface area contributed by atoms with Gasteiger partial charge < -0.3 is 10.6 Å². The molecule has 0 radical (unpaired) electrons. The third-order valence-electron chi connectivity index (χ3n) is 3.13. The Morgan fingerprint density at radius 2 is 1.90 bits per heavy atom. The number of nitrogens with one attached hydrogen (secondary N) is 2. The highest BCUT2D eigenvalue weighted by atomic mass is 16.1. The number of amides is 1. The number of nitrogens with zero attached hydrogens (tertiary/aromatic N) is 1. The molecule has 0 aliphatic rings. The molecular weight excluding hydrogens is 262 g/mol. The number of rotatable bonds is 7. The number of carbonyl (C=O) groups excluding carboxylic acids is 1. The van der Waals surface area contributed by atoms with Crippen LogP contribution in [0, 0.1) is 0 Å². The van der Waals surface area contributed by atoms with Gasteiger partial charge in [0.1, 0.15) is 0 Å². The summed E-state index contributed by atoms with van der Waals surface area (Å²) < 4.78 is 0. The average molecular weight is 283 g/mol. The van der Waals surface area contributed by atoms with Gasteiger partial charge in [0.15, 0.2) is 0 Å². The largest absolute Gasteiger partial charge is 0.354 e. The maximum absolute atomic E-state index is 12.0. The maximum atomic E-state index is 12.0. The molecule has 2 N–H and O–H groups in total. The summed E-state index contributed by atoms with van der Waals surface area (Å²) in [5, 5.41) is 6.15. The van der Waals surface area contributed by atoms with Crippen LogP contribution in [0.25, 0.3) is 0 Å². The number of para-hydroxylation sites is 1. The van der Waals surface area contributed by atoms with Crippen LogP contribution < -0.4 is 10.6 Å². The van der Waals surface area contributed by atoms with Crippen LogP contribution in [-0.4, -0.2) is 17.4 Å². The van der Waals surface area contributed by atoms with E-state index in [1.807, 2.05) is 36.4 Å². The highest BCUT2D eigenvalue weighted by molar-refractivity contribution is 5.94. The van der Waals surface area contributed by atoms with Gasteiger partial charge in [-0.15, -0.1) is 0 Å². The third-order valence-corrected chi connectivity index (χ3v) is 3.13. The van der Waals surface area contributed by atoms with Crippen molar-refractivity contribution < 1.29 is 4.79 Å². The smallest absolute Gasteiger partial charge is 0.252 e. The van der Waals surface area contributed by atoms with Crippen LogP contribution in [0.4, 0.5) is 11.4 Å². The topological polar surface area (TPSA) is 54.0 Å². The Morgan fingerprint density at radius 1 is 1.10 bits per heavy atom. The minimum absolute atomic E-state index is 0.0738. The second-order valence-corrected chi connectivity index (χ2v) is 4.92. The van der Waals surface area contributed by atoms with Gasteiger partial charge in [0.25, 0.3) is 5.91 Å². The molecule has 1 aromatic heterocycles. The van der Waals surface area contributed by atoms with Crippen molar-refractivity contribution in [2.75, 3.05) is 11.9 Å². The molecular formula is C17H21N3O. The third kappa shape index (κ3) is 4.91. The zero-order valence-electron chi connectivity index (χ0n) is 12.3. The van der Waals surface area contributed by atoms with E-state index in [1.54, 1.807) is 12.4 Å². The van der Waals surface area contributed by atoms with Gasteiger partial charge in [-0.2, -0.15) is 0 Å². The molecule has 4 heteroatoms. The molecule has 1 aromatic carbocycles. The summed E-state index contributed by atoms with van der Waals surface area (Å²) in [5.41, 5.74) is 2.36. The molecule has 0 aliphatic heterocycles. The van der Waals surface area contributed by atoms with E-state index in [4.69, 9.17) is 0 Å². The fourth-order valence-corrected chi connectivity index (χ4v) is 2.00. The zero-order chi connectivity index (χ0) is 14.9. The van der Waals surface area contributed by atoms with Crippen LogP contribution in [0.1, 0.15) is 36.5 Å². The first-order valence-electron chi connectivity index (χ1n) is 7.35. The number of hydrogen-bond donors (Lipinski definition) is 2. The van der Waals surface area contributed by atoms with Gasteiger partial charge in [0.2, 0.25) is 0 Å². The summed E-state index contributed by atoms with van der Waals surface area (Å²) in [7, 11) is 0. The van der Waals surface area contributed by atoms with Gasteiger partial charge in [-0.05, 0) is 24.6 Å². The molecule has 0 saturated heterocycles. The standard InChI is InChI=1S/C17H21N3O/c1-2-3-7-10-19-17(21)14-11-16(13-18-12-14)20-15-8-5-4-6-9-15/h4-6,8-9,11-13,20H,2-3,7,10H2,1H3,(H,19,21). The maximum Gasteiger partial charge on any atom is 0.252 e. The molecule has 0 fully saturated rings. The molecule has 0 unspecified atom stereocenters. The fraction of sp³-hybridized carbons (Fsp3) is 0.294. The summed E-state index contributed by atoms with van der Waals surface area (Å²) in [5.74, 6) is -0.0738. The van der Waals surface area contributed by atoms with Gasteiger partial charge in [-0.25, -0.2) is 0 Å². The minimum Gasteiger partial charge on any atom is -0.354 e. The first-order valence-corrected chi connectivity index (χ1v) is 7.35. The number of aromatic nitrogens is 1. The first-order chi connectivity index (χ1) is 10.3. The number of anilines is 2. The fourth-order valence-electron chi connectivity index (χ4n) is 2.00. The zero-order valence-corrected chi connectivity index (χ0v) is 12.3. The molecule has 0 atom stereocenters. The van der Waals surface area contributed by atoms with Crippen LogP contribution in [-0.2, 0) is 0 Å². The van der Waals surface area contributed by atoms with Crippen molar-refractivity contribution in [1.29, 1.82) is 0 Å². The van der Waals surface area contributed by atoms with E-state index in [0.29, 0.717) is 12.1 Å². The van der Waals surface area contributed by atoms with Crippen molar-refractivity contribution in [2.24, 2.45) is 0 Å². The Morgan fingerprint density at radius 3 is 2.67 bits per heavy atom. The minimum atomic E-state index is -0.0738. The lowest BCUT2D eigenvalue weighted by Crippen LogP contribution is -2.24. The van der Waals surface area contributed by atoms with Crippen molar-refractivity contribution in [3.8, 4) is 0 Å². The Balaban J connectivity index is 1.95. The number of pyridine rings is 1. The van der Waals surface area contributed by atoms with E-state index in [0.717, 1.165) is 30.6 Å². The number of benzene rings is 1. The van der Waals surface area contributed by atoms with Crippen molar-refractivity contribution in [1.82, 2.24) is 10.3 Å². The first kappa shape index (κ1) is 15.0. The normalized spacial score (nSPS) is 10.1. The van der Waals surface area contributed by atoms with Gasteiger partial charge >= 0.3 is 0 Å². The Hall–Kier alpha value is -2.36. The van der Waals surface area contributed by atoms with Crippen molar-refractivity contribution in [3.63, 3.8) is 0 Å². The summed E-state index contributed by atoms with van der Waals surface area (Å²) in [6.07, 6.45) is 6.59. The number of hydrogen-bond acceptors (Lipinski definition) is 3. The van der Waals surface area contributed by atoms with Crippen molar-refractivity contribution >= 4 is 17.3 Å².